The Labute approximate surface area is 180 Å². The molecule has 0 radical (unpaired) electrons. The SMILES string of the molecule is COc1ccccc1NC(=O)[C@@H](C)Sc1nc2ccccc2n1-c1ccc(C)cc1. The number of thioether (sulfide) groups is 1. The monoisotopic (exact) mass is 417 g/mol. The maximum absolute atomic E-state index is 12.9. The van der Waals surface area contributed by atoms with Gasteiger partial charge in [0.1, 0.15) is 5.75 Å². The van der Waals surface area contributed by atoms with Gasteiger partial charge in [0.2, 0.25) is 5.91 Å². The summed E-state index contributed by atoms with van der Waals surface area (Å²) in [6, 6.07) is 23.7. The highest BCUT2D eigenvalue weighted by Gasteiger charge is 2.21. The van der Waals surface area contributed by atoms with Crippen LogP contribution in [0.5, 0.6) is 5.75 Å². The summed E-state index contributed by atoms with van der Waals surface area (Å²) < 4.78 is 7.44. The van der Waals surface area contributed by atoms with Crippen LogP contribution in [0.1, 0.15) is 12.5 Å². The molecule has 1 N–H and O–H groups in total. The number of hydrogen-bond acceptors (Lipinski definition) is 4. The van der Waals surface area contributed by atoms with Crippen molar-refractivity contribution in [2.24, 2.45) is 0 Å². The summed E-state index contributed by atoms with van der Waals surface area (Å²) in [6.45, 7) is 3.95. The molecule has 4 rings (SSSR count). The maximum atomic E-state index is 12.9. The second kappa shape index (κ2) is 8.63. The number of rotatable bonds is 6. The molecular weight excluding hydrogens is 394 g/mol. The molecule has 1 aromatic heterocycles. The molecule has 1 atom stereocenters. The highest BCUT2D eigenvalue weighted by atomic mass is 32.2. The Balaban J connectivity index is 1.64. The Hall–Kier alpha value is -3.25. The summed E-state index contributed by atoms with van der Waals surface area (Å²) in [5, 5.41) is 3.39. The molecule has 1 amide bonds. The molecule has 0 saturated carbocycles. The van der Waals surface area contributed by atoms with E-state index in [1.165, 1.54) is 17.3 Å². The molecule has 5 nitrogen and oxygen atoms in total. The van der Waals surface area contributed by atoms with Gasteiger partial charge in [-0.15, -0.1) is 0 Å². The van der Waals surface area contributed by atoms with Crippen LogP contribution in [0.2, 0.25) is 0 Å². The van der Waals surface area contributed by atoms with Crippen LogP contribution in [0.25, 0.3) is 16.7 Å². The number of anilines is 1. The second-order valence-corrected chi connectivity index (χ2v) is 8.31. The summed E-state index contributed by atoms with van der Waals surface area (Å²) in [6.07, 6.45) is 0. The summed E-state index contributed by atoms with van der Waals surface area (Å²) in [5.41, 5.74) is 4.79. The number of aromatic nitrogens is 2. The Morgan fingerprint density at radius 2 is 1.73 bits per heavy atom. The first-order valence-corrected chi connectivity index (χ1v) is 10.6. The predicted octanol–water partition coefficient (Wildman–Crippen LogP) is 5.46. The van der Waals surface area contributed by atoms with E-state index >= 15 is 0 Å². The molecule has 4 aromatic rings. The van der Waals surface area contributed by atoms with Crippen molar-refractivity contribution >= 4 is 34.4 Å². The van der Waals surface area contributed by atoms with Gasteiger partial charge in [-0.1, -0.05) is 53.7 Å². The number of imidazole rings is 1. The van der Waals surface area contributed by atoms with Gasteiger partial charge < -0.3 is 10.1 Å². The number of fused-ring (bicyclic) bond motifs is 1. The molecule has 0 unspecified atom stereocenters. The van der Waals surface area contributed by atoms with Crippen LogP contribution in [0.3, 0.4) is 0 Å². The zero-order valence-electron chi connectivity index (χ0n) is 17.1. The van der Waals surface area contributed by atoms with Gasteiger partial charge in [-0.2, -0.15) is 0 Å². The number of methoxy groups -OCH3 is 1. The fourth-order valence-electron chi connectivity index (χ4n) is 3.22. The minimum absolute atomic E-state index is 0.105. The Morgan fingerprint density at radius 1 is 1.03 bits per heavy atom. The van der Waals surface area contributed by atoms with Crippen molar-refractivity contribution in [2.75, 3.05) is 12.4 Å². The molecule has 0 aliphatic heterocycles. The van der Waals surface area contributed by atoms with Crippen molar-refractivity contribution in [1.82, 2.24) is 9.55 Å². The third-order valence-electron chi connectivity index (χ3n) is 4.84. The minimum atomic E-state index is -0.351. The first-order valence-electron chi connectivity index (χ1n) is 9.72. The molecule has 0 saturated heterocycles. The van der Waals surface area contributed by atoms with Crippen LogP contribution >= 0.6 is 11.8 Å². The van der Waals surface area contributed by atoms with E-state index in [-0.39, 0.29) is 11.2 Å². The van der Waals surface area contributed by atoms with Gasteiger partial charge in [-0.3, -0.25) is 9.36 Å². The average Bonchev–Trinajstić information content (AvgIpc) is 3.12. The number of hydrogen-bond donors (Lipinski definition) is 1. The standard InChI is InChI=1S/C24H23N3O2S/c1-16-12-14-18(15-13-16)27-21-10-6-4-8-19(21)26-24(27)30-17(2)23(28)25-20-9-5-7-11-22(20)29-3/h4-15,17H,1-3H3,(H,25,28)/t17-/m1/s1. The van der Waals surface area contributed by atoms with Crippen LogP contribution in [0, 0.1) is 6.92 Å². The van der Waals surface area contributed by atoms with Crippen molar-refractivity contribution in [2.45, 2.75) is 24.3 Å². The van der Waals surface area contributed by atoms with E-state index in [0.29, 0.717) is 11.4 Å². The molecule has 3 aromatic carbocycles. The molecule has 6 heteroatoms. The van der Waals surface area contributed by atoms with Crippen LogP contribution < -0.4 is 10.1 Å². The van der Waals surface area contributed by atoms with Gasteiger partial charge in [-0.25, -0.2) is 4.98 Å². The van der Waals surface area contributed by atoms with Crippen molar-refractivity contribution in [1.29, 1.82) is 0 Å². The van der Waals surface area contributed by atoms with Crippen LogP contribution in [0.4, 0.5) is 5.69 Å². The minimum Gasteiger partial charge on any atom is -0.495 e. The molecule has 0 bridgehead atoms. The zero-order chi connectivity index (χ0) is 21.1. The number of nitrogens with one attached hydrogen (secondary N) is 1. The number of ether oxygens (including phenoxy) is 1. The highest BCUT2D eigenvalue weighted by Crippen LogP contribution is 2.31. The molecule has 30 heavy (non-hydrogen) atoms. The largest absolute Gasteiger partial charge is 0.495 e. The van der Waals surface area contributed by atoms with Crippen molar-refractivity contribution in [3.8, 4) is 11.4 Å². The first-order chi connectivity index (χ1) is 14.6. The molecule has 1 heterocycles. The zero-order valence-corrected chi connectivity index (χ0v) is 17.9. The topological polar surface area (TPSA) is 56.1 Å². The van der Waals surface area contributed by atoms with E-state index in [9.17, 15) is 4.79 Å². The summed E-state index contributed by atoms with van der Waals surface area (Å²) in [7, 11) is 1.59. The van der Waals surface area contributed by atoms with Crippen LogP contribution in [0.15, 0.2) is 78.0 Å². The molecule has 0 fully saturated rings. The maximum Gasteiger partial charge on any atom is 0.237 e. The fourth-order valence-corrected chi connectivity index (χ4v) is 4.16. The Morgan fingerprint density at radius 3 is 2.50 bits per heavy atom. The number of para-hydroxylation sites is 4. The fraction of sp³-hybridized carbons (Fsp3) is 0.167. The summed E-state index contributed by atoms with van der Waals surface area (Å²) in [4.78, 5) is 17.7. The molecule has 0 aliphatic rings. The lowest BCUT2D eigenvalue weighted by atomic mass is 10.2. The van der Waals surface area contributed by atoms with E-state index in [4.69, 9.17) is 9.72 Å². The third-order valence-corrected chi connectivity index (χ3v) is 5.89. The van der Waals surface area contributed by atoms with Crippen molar-refractivity contribution < 1.29 is 9.53 Å². The van der Waals surface area contributed by atoms with Gasteiger partial charge in [0.05, 0.1) is 29.1 Å². The molecule has 0 aliphatic carbocycles. The van der Waals surface area contributed by atoms with E-state index in [2.05, 4.69) is 41.1 Å². The van der Waals surface area contributed by atoms with E-state index in [1.54, 1.807) is 7.11 Å². The lowest BCUT2D eigenvalue weighted by molar-refractivity contribution is -0.115. The van der Waals surface area contributed by atoms with E-state index < -0.39 is 0 Å². The van der Waals surface area contributed by atoms with Gasteiger partial charge in [-0.05, 0) is 50.2 Å². The Kier molecular flexibility index (Phi) is 5.77. The number of amides is 1. The van der Waals surface area contributed by atoms with Gasteiger partial charge in [0, 0.05) is 5.69 Å². The van der Waals surface area contributed by atoms with Crippen LogP contribution in [-0.2, 0) is 4.79 Å². The molecule has 0 spiro atoms. The van der Waals surface area contributed by atoms with E-state index in [0.717, 1.165) is 21.9 Å². The predicted molar refractivity (Wildman–Crippen MR) is 123 cm³/mol. The van der Waals surface area contributed by atoms with Crippen LogP contribution in [-0.4, -0.2) is 27.8 Å². The summed E-state index contributed by atoms with van der Waals surface area (Å²) >= 11 is 1.43. The van der Waals surface area contributed by atoms with E-state index in [1.807, 2.05) is 55.5 Å². The van der Waals surface area contributed by atoms with Gasteiger partial charge >= 0.3 is 0 Å². The lowest BCUT2D eigenvalue weighted by Crippen LogP contribution is -2.23. The normalized spacial score (nSPS) is 12.0. The second-order valence-electron chi connectivity index (χ2n) is 7.00. The van der Waals surface area contributed by atoms with Gasteiger partial charge in [0.15, 0.2) is 5.16 Å². The summed E-state index contributed by atoms with van der Waals surface area (Å²) in [5.74, 6) is 0.530. The highest BCUT2D eigenvalue weighted by molar-refractivity contribution is 8.00. The third kappa shape index (κ3) is 4.04. The number of benzene rings is 3. The first kappa shape index (κ1) is 20.0. The molecular formula is C24H23N3O2S. The Bertz CT molecular complexity index is 1180. The molecule has 152 valence electrons. The lowest BCUT2D eigenvalue weighted by Gasteiger charge is -2.15. The number of carbonyl (C=O) groups is 1. The van der Waals surface area contributed by atoms with Crippen molar-refractivity contribution in [3.63, 3.8) is 0 Å². The average molecular weight is 418 g/mol. The number of nitrogens with zero attached hydrogens (tertiary/aromatic N) is 2. The quantitative estimate of drug-likeness (QED) is 0.423. The number of aryl methyl sites for hydroxylation is 1. The smallest absolute Gasteiger partial charge is 0.237 e. The van der Waals surface area contributed by atoms with Gasteiger partial charge in [0.25, 0.3) is 0 Å². The number of carbonyl (C=O) groups excluding carboxylic acids is 1. The van der Waals surface area contributed by atoms with Crippen molar-refractivity contribution in [3.05, 3.63) is 78.4 Å².